The lowest BCUT2D eigenvalue weighted by Gasteiger charge is -2.36. The van der Waals surface area contributed by atoms with Crippen molar-refractivity contribution in [1.82, 2.24) is 10.2 Å². The molecule has 0 bridgehead atoms. The lowest BCUT2D eigenvalue weighted by Crippen LogP contribution is -2.41. The molecule has 0 fully saturated rings. The monoisotopic (exact) mass is 292 g/mol. The summed E-state index contributed by atoms with van der Waals surface area (Å²) in [6.07, 6.45) is 1.12. The van der Waals surface area contributed by atoms with Gasteiger partial charge in [-0.15, -0.1) is 0 Å². The molecular weight excluding hydrogens is 264 g/mol. The van der Waals surface area contributed by atoms with Crippen molar-refractivity contribution in [2.45, 2.75) is 32.0 Å². The van der Waals surface area contributed by atoms with E-state index in [-0.39, 0.29) is 0 Å². The van der Waals surface area contributed by atoms with Gasteiger partial charge in [-0.25, -0.2) is 0 Å². The topological polar surface area (TPSA) is 33.7 Å². The predicted octanol–water partition coefficient (Wildman–Crippen LogP) is 2.20. The molecule has 1 aliphatic heterocycles. The fourth-order valence-corrected chi connectivity index (χ4v) is 3.20. The average Bonchev–Trinajstić information content (AvgIpc) is 2.71. The van der Waals surface area contributed by atoms with Crippen molar-refractivity contribution in [3.63, 3.8) is 0 Å². The van der Waals surface area contributed by atoms with Crippen LogP contribution in [0.15, 0.2) is 24.3 Å². The van der Waals surface area contributed by atoms with E-state index in [2.05, 4.69) is 41.4 Å². The number of hydrogen-bond acceptors (Lipinski definition) is 4. The van der Waals surface area contributed by atoms with Gasteiger partial charge < -0.3 is 14.8 Å². The minimum atomic E-state index is 0.376. The summed E-state index contributed by atoms with van der Waals surface area (Å²) in [5.41, 5.74) is 2.86. The van der Waals surface area contributed by atoms with Crippen molar-refractivity contribution in [3.8, 4) is 0 Å². The number of fused-ring (bicyclic) bond motifs is 1. The van der Waals surface area contributed by atoms with E-state index in [0.717, 1.165) is 39.3 Å². The van der Waals surface area contributed by atoms with Crippen LogP contribution in [0.3, 0.4) is 0 Å². The number of benzene rings is 1. The number of rotatable bonds is 7. The highest BCUT2D eigenvalue weighted by molar-refractivity contribution is 5.31. The fourth-order valence-electron chi connectivity index (χ4n) is 3.20. The lowest BCUT2D eigenvalue weighted by atomic mass is 9.96. The molecule has 0 aliphatic carbocycles. The van der Waals surface area contributed by atoms with Crippen LogP contribution in [-0.2, 0) is 16.0 Å². The molecule has 1 N–H and O–H groups in total. The number of nitrogens with zero attached hydrogens (tertiary/aromatic N) is 1. The van der Waals surface area contributed by atoms with Crippen LogP contribution in [0.1, 0.15) is 30.5 Å². The van der Waals surface area contributed by atoms with Gasteiger partial charge in [0.15, 0.2) is 0 Å². The summed E-state index contributed by atoms with van der Waals surface area (Å²) in [5, 5.41) is 3.53. The molecule has 21 heavy (non-hydrogen) atoms. The molecular formula is C17H28N2O2. The first-order valence-corrected chi connectivity index (χ1v) is 7.80. The minimum Gasteiger partial charge on any atom is -0.383 e. The molecule has 4 nitrogen and oxygen atoms in total. The Morgan fingerprint density at radius 1 is 1.29 bits per heavy atom. The Morgan fingerprint density at radius 3 is 2.86 bits per heavy atom. The number of hydrogen-bond donors (Lipinski definition) is 1. The Morgan fingerprint density at radius 2 is 2.10 bits per heavy atom. The van der Waals surface area contributed by atoms with E-state index < -0.39 is 0 Å². The molecule has 118 valence electrons. The van der Waals surface area contributed by atoms with Crippen LogP contribution in [-0.4, -0.2) is 51.5 Å². The summed E-state index contributed by atoms with van der Waals surface area (Å²) in [5.74, 6) is 0. The van der Waals surface area contributed by atoms with E-state index in [1.807, 2.05) is 0 Å². The summed E-state index contributed by atoms with van der Waals surface area (Å²) in [6.45, 7) is 6.67. The quantitative estimate of drug-likeness (QED) is 0.835. The molecule has 2 atom stereocenters. The first kappa shape index (κ1) is 16.4. The van der Waals surface area contributed by atoms with Gasteiger partial charge in [0.2, 0.25) is 0 Å². The third-order valence-corrected chi connectivity index (χ3v) is 4.25. The number of methoxy groups -OCH3 is 2. The van der Waals surface area contributed by atoms with Crippen molar-refractivity contribution in [3.05, 3.63) is 35.4 Å². The van der Waals surface area contributed by atoms with Gasteiger partial charge in [-0.1, -0.05) is 24.3 Å². The van der Waals surface area contributed by atoms with Gasteiger partial charge >= 0.3 is 0 Å². The van der Waals surface area contributed by atoms with Crippen LogP contribution in [0.5, 0.6) is 0 Å². The van der Waals surface area contributed by atoms with E-state index >= 15 is 0 Å². The zero-order valence-corrected chi connectivity index (χ0v) is 13.5. The van der Waals surface area contributed by atoms with Gasteiger partial charge in [0.05, 0.1) is 13.2 Å². The van der Waals surface area contributed by atoms with Crippen LogP contribution < -0.4 is 5.32 Å². The first-order valence-electron chi connectivity index (χ1n) is 7.80. The molecule has 4 heteroatoms. The van der Waals surface area contributed by atoms with Crippen molar-refractivity contribution >= 4 is 0 Å². The number of nitrogens with one attached hydrogen (secondary N) is 1. The molecule has 0 aromatic heterocycles. The number of ether oxygens (including phenoxy) is 2. The molecule has 0 saturated heterocycles. The Balaban J connectivity index is 2.25. The SMILES string of the molecule is COCCN(C(C)COC)C1CCNCc2ccccc21. The van der Waals surface area contributed by atoms with E-state index in [4.69, 9.17) is 9.47 Å². The maximum atomic E-state index is 5.38. The molecule has 1 heterocycles. The van der Waals surface area contributed by atoms with Gasteiger partial charge in [0.25, 0.3) is 0 Å². The third kappa shape index (κ3) is 4.27. The van der Waals surface area contributed by atoms with E-state index in [1.165, 1.54) is 11.1 Å². The largest absolute Gasteiger partial charge is 0.383 e. The van der Waals surface area contributed by atoms with E-state index in [9.17, 15) is 0 Å². The summed E-state index contributed by atoms with van der Waals surface area (Å²) in [7, 11) is 3.54. The summed E-state index contributed by atoms with van der Waals surface area (Å²) in [6, 6.07) is 9.58. The molecule has 1 aromatic rings. The van der Waals surface area contributed by atoms with Crippen LogP contribution in [0.2, 0.25) is 0 Å². The van der Waals surface area contributed by atoms with Gasteiger partial charge in [0, 0.05) is 39.4 Å². The molecule has 1 aliphatic rings. The highest BCUT2D eigenvalue weighted by Crippen LogP contribution is 2.30. The van der Waals surface area contributed by atoms with Crippen molar-refractivity contribution < 1.29 is 9.47 Å². The highest BCUT2D eigenvalue weighted by Gasteiger charge is 2.27. The second-order valence-corrected chi connectivity index (χ2v) is 5.72. The summed E-state index contributed by atoms with van der Waals surface area (Å²) >= 11 is 0. The summed E-state index contributed by atoms with van der Waals surface area (Å²) in [4.78, 5) is 2.53. The molecule has 1 aromatic carbocycles. The lowest BCUT2D eigenvalue weighted by molar-refractivity contribution is 0.0444. The van der Waals surface area contributed by atoms with Crippen LogP contribution >= 0.6 is 0 Å². The van der Waals surface area contributed by atoms with Gasteiger partial charge in [0.1, 0.15) is 0 Å². The van der Waals surface area contributed by atoms with Gasteiger partial charge in [-0.05, 0) is 31.0 Å². The fraction of sp³-hybridized carbons (Fsp3) is 0.647. The third-order valence-electron chi connectivity index (χ3n) is 4.25. The average molecular weight is 292 g/mol. The highest BCUT2D eigenvalue weighted by atomic mass is 16.5. The first-order chi connectivity index (χ1) is 10.3. The second-order valence-electron chi connectivity index (χ2n) is 5.72. The normalized spacial score (nSPS) is 20.1. The Labute approximate surface area is 128 Å². The predicted molar refractivity (Wildman–Crippen MR) is 85.4 cm³/mol. The molecule has 0 amide bonds. The van der Waals surface area contributed by atoms with E-state index in [0.29, 0.717) is 12.1 Å². The second kappa shape index (κ2) is 8.49. The minimum absolute atomic E-state index is 0.376. The Bertz CT molecular complexity index is 425. The summed E-state index contributed by atoms with van der Waals surface area (Å²) < 4.78 is 10.7. The Kier molecular flexibility index (Phi) is 6.64. The van der Waals surface area contributed by atoms with Gasteiger partial charge in [-0.2, -0.15) is 0 Å². The zero-order valence-electron chi connectivity index (χ0n) is 13.5. The van der Waals surface area contributed by atoms with Crippen molar-refractivity contribution in [1.29, 1.82) is 0 Å². The van der Waals surface area contributed by atoms with Crippen molar-refractivity contribution in [2.75, 3.05) is 40.5 Å². The van der Waals surface area contributed by atoms with Crippen LogP contribution in [0.4, 0.5) is 0 Å². The smallest absolute Gasteiger partial charge is 0.0615 e. The van der Waals surface area contributed by atoms with Crippen molar-refractivity contribution in [2.24, 2.45) is 0 Å². The molecule has 0 radical (unpaired) electrons. The molecule has 0 spiro atoms. The Hall–Kier alpha value is -0.940. The standard InChI is InChI=1S/C17H28N2O2/c1-14(13-21-3)19(10-11-20-2)17-8-9-18-12-15-6-4-5-7-16(15)17/h4-7,14,17-18H,8-13H2,1-3H3. The molecule has 2 unspecified atom stereocenters. The van der Waals surface area contributed by atoms with Crippen LogP contribution in [0, 0.1) is 0 Å². The zero-order chi connectivity index (χ0) is 15.1. The molecule has 0 saturated carbocycles. The maximum Gasteiger partial charge on any atom is 0.0615 e. The maximum absolute atomic E-state index is 5.38. The van der Waals surface area contributed by atoms with Gasteiger partial charge in [-0.3, -0.25) is 4.90 Å². The molecule has 2 rings (SSSR count). The van der Waals surface area contributed by atoms with Crippen LogP contribution in [0.25, 0.3) is 0 Å². The van der Waals surface area contributed by atoms with E-state index in [1.54, 1.807) is 14.2 Å².